The van der Waals surface area contributed by atoms with E-state index in [9.17, 15) is 0 Å². The number of aryl methyl sites for hydroxylation is 1. The highest BCUT2D eigenvalue weighted by Crippen LogP contribution is 2.03. The van der Waals surface area contributed by atoms with Gasteiger partial charge in [-0.25, -0.2) is 0 Å². The van der Waals surface area contributed by atoms with Gasteiger partial charge in [-0.15, -0.1) is 17.5 Å². The van der Waals surface area contributed by atoms with Crippen molar-refractivity contribution in [2.75, 3.05) is 0 Å². The molecule has 0 saturated carbocycles. The molecule has 0 radical (unpaired) electrons. The summed E-state index contributed by atoms with van der Waals surface area (Å²) >= 11 is 3.19. The zero-order chi connectivity index (χ0) is 5.98. The van der Waals surface area contributed by atoms with Crippen molar-refractivity contribution in [1.82, 2.24) is 10.2 Å². The van der Waals surface area contributed by atoms with Crippen molar-refractivity contribution >= 4 is 28.3 Å². The third-order valence-corrected chi connectivity index (χ3v) is 1.15. The highest BCUT2D eigenvalue weighted by Gasteiger charge is 1.85. The molecule has 50 valence electrons. The summed E-state index contributed by atoms with van der Waals surface area (Å²) < 4.78 is 0.789. The molecule has 1 rings (SSSR count). The van der Waals surface area contributed by atoms with E-state index in [1.807, 2.05) is 13.0 Å². The lowest BCUT2D eigenvalue weighted by molar-refractivity contribution is 0.989. The van der Waals surface area contributed by atoms with Crippen molar-refractivity contribution in [3.8, 4) is 0 Å². The van der Waals surface area contributed by atoms with Gasteiger partial charge >= 0.3 is 0 Å². The Kier molecular flexibility index (Phi) is 3.73. The standard InChI is InChI=1S/C5H5BrN2.ClH/c1-4-2-5(6)8-7-3-4;/h2-3H,1H3;1H. The largest absolute Gasteiger partial charge is 0.158 e. The van der Waals surface area contributed by atoms with E-state index in [2.05, 4.69) is 26.1 Å². The van der Waals surface area contributed by atoms with Crippen LogP contribution in [0, 0.1) is 6.92 Å². The first-order valence-corrected chi connectivity index (χ1v) is 3.03. The summed E-state index contributed by atoms with van der Waals surface area (Å²) in [6.45, 7) is 1.97. The zero-order valence-electron chi connectivity index (χ0n) is 4.84. The second kappa shape index (κ2) is 3.80. The fourth-order valence-corrected chi connectivity index (χ4v) is 0.882. The molecule has 0 N–H and O–H groups in total. The second-order valence-electron chi connectivity index (χ2n) is 1.56. The van der Waals surface area contributed by atoms with Gasteiger partial charge in [0.05, 0.1) is 6.20 Å². The van der Waals surface area contributed by atoms with E-state index >= 15 is 0 Å². The molecule has 1 aromatic rings. The van der Waals surface area contributed by atoms with E-state index in [4.69, 9.17) is 0 Å². The molecular formula is C5H6BrClN2. The van der Waals surface area contributed by atoms with E-state index in [-0.39, 0.29) is 12.4 Å². The molecule has 9 heavy (non-hydrogen) atoms. The first-order valence-electron chi connectivity index (χ1n) is 2.24. The monoisotopic (exact) mass is 208 g/mol. The normalized spacial score (nSPS) is 8.22. The van der Waals surface area contributed by atoms with E-state index in [1.54, 1.807) is 6.20 Å². The van der Waals surface area contributed by atoms with Crippen molar-refractivity contribution in [3.63, 3.8) is 0 Å². The summed E-state index contributed by atoms with van der Waals surface area (Å²) in [5, 5.41) is 7.39. The minimum atomic E-state index is 0. The van der Waals surface area contributed by atoms with Crippen LogP contribution in [0.1, 0.15) is 5.56 Å². The molecule has 0 fully saturated rings. The molecule has 2 nitrogen and oxygen atoms in total. The molecule has 0 spiro atoms. The Labute approximate surface area is 68.2 Å². The maximum Gasteiger partial charge on any atom is 0.129 e. The quantitative estimate of drug-likeness (QED) is 0.653. The molecule has 4 heteroatoms. The Balaban J connectivity index is 0.000000640. The number of rotatable bonds is 0. The third kappa shape index (κ3) is 2.77. The predicted octanol–water partition coefficient (Wildman–Crippen LogP) is 1.97. The van der Waals surface area contributed by atoms with Crippen molar-refractivity contribution < 1.29 is 0 Å². The highest BCUT2D eigenvalue weighted by atomic mass is 79.9. The molecular weight excluding hydrogens is 203 g/mol. The molecule has 1 heterocycles. The summed E-state index contributed by atoms with van der Waals surface area (Å²) in [7, 11) is 0. The lowest BCUT2D eigenvalue weighted by atomic mass is 10.4. The maximum absolute atomic E-state index is 3.71. The van der Waals surface area contributed by atoms with Crippen LogP contribution in [0.2, 0.25) is 0 Å². The van der Waals surface area contributed by atoms with Gasteiger partial charge < -0.3 is 0 Å². The zero-order valence-corrected chi connectivity index (χ0v) is 7.24. The summed E-state index contributed by atoms with van der Waals surface area (Å²) in [5.41, 5.74) is 1.12. The minimum Gasteiger partial charge on any atom is -0.158 e. The Hall–Kier alpha value is -0.150. The van der Waals surface area contributed by atoms with Gasteiger partial charge in [0.2, 0.25) is 0 Å². The minimum absolute atomic E-state index is 0. The van der Waals surface area contributed by atoms with Crippen molar-refractivity contribution in [2.45, 2.75) is 6.92 Å². The van der Waals surface area contributed by atoms with Crippen LogP contribution in [-0.2, 0) is 0 Å². The molecule has 0 saturated heterocycles. The van der Waals surface area contributed by atoms with Crippen LogP contribution in [-0.4, -0.2) is 10.2 Å². The Morgan fingerprint density at radius 3 is 2.56 bits per heavy atom. The summed E-state index contributed by atoms with van der Waals surface area (Å²) in [5.74, 6) is 0. The van der Waals surface area contributed by atoms with E-state index < -0.39 is 0 Å². The predicted molar refractivity (Wildman–Crippen MR) is 41.7 cm³/mol. The fraction of sp³-hybridized carbons (Fsp3) is 0.200. The molecule has 0 aliphatic heterocycles. The summed E-state index contributed by atoms with van der Waals surface area (Å²) in [6, 6.07) is 1.91. The van der Waals surface area contributed by atoms with Gasteiger partial charge in [-0.1, -0.05) is 0 Å². The van der Waals surface area contributed by atoms with Gasteiger partial charge in [-0.2, -0.15) is 5.10 Å². The topological polar surface area (TPSA) is 25.8 Å². The maximum atomic E-state index is 3.71. The van der Waals surface area contributed by atoms with Crippen LogP contribution < -0.4 is 0 Å². The van der Waals surface area contributed by atoms with Gasteiger partial charge in [0.15, 0.2) is 0 Å². The van der Waals surface area contributed by atoms with Crippen molar-refractivity contribution in [3.05, 3.63) is 22.4 Å². The Morgan fingerprint density at radius 1 is 1.56 bits per heavy atom. The van der Waals surface area contributed by atoms with Crippen molar-refractivity contribution in [1.29, 1.82) is 0 Å². The van der Waals surface area contributed by atoms with E-state index in [0.29, 0.717) is 0 Å². The number of aromatic nitrogens is 2. The molecule has 0 aliphatic rings. The van der Waals surface area contributed by atoms with Crippen molar-refractivity contribution in [2.24, 2.45) is 0 Å². The number of hydrogen-bond acceptors (Lipinski definition) is 2. The average Bonchev–Trinajstić information content (AvgIpc) is 1.64. The van der Waals surface area contributed by atoms with Gasteiger partial charge in [-0.3, -0.25) is 0 Å². The Morgan fingerprint density at radius 2 is 2.22 bits per heavy atom. The number of hydrogen-bond donors (Lipinski definition) is 0. The molecule has 0 aliphatic carbocycles. The first kappa shape index (κ1) is 8.85. The fourth-order valence-electron chi connectivity index (χ4n) is 0.429. The molecule has 0 atom stereocenters. The van der Waals surface area contributed by atoms with Crippen LogP contribution in [0.4, 0.5) is 0 Å². The first-order chi connectivity index (χ1) is 3.79. The van der Waals surface area contributed by atoms with Crippen LogP contribution in [0.25, 0.3) is 0 Å². The van der Waals surface area contributed by atoms with Crippen LogP contribution >= 0.6 is 28.3 Å². The SMILES string of the molecule is Cc1cnnc(Br)c1.Cl. The second-order valence-corrected chi connectivity index (χ2v) is 2.37. The van der Waals surface area contributed by atoms with Gasteiger partial charge in [0, 0.05) is 0 Å². The van der Waals surface area contributed by atoms with Crippen LogP contribution in [0.15, 0.2) is 16.9 Å². The van der Waals surface area contributed by atoms with E-state index in [1.165, 1.54) is 0 Å². The summed E-state index contributed by atoms with van der Waals surface area (Å²) in [6.07, 6.45) is 1.71. The third-order valence-electron chi connectivity index (χ3n) is 0.761. The molecule has 1 aromatic heterocycles. The lowest BCUT2D eigenvalue weighted by Gasteiger charge is -1.86. The molecule has 0 aromatic carbocycles. The van der Waals surface area contributed by atoms with Gasteiger partial charge in [0.25, 0.3) is 0 Å². The highest BCUT2D eigenvalue weighted by molar-refractivity contribution is 9.10. The summed E-state index contributed by atoms with van der Waals surface area (Å²) in [4.78, 5) is 0. The Bertz CT molecular complexity index is 175. The molecule has 0 unspecified atom stereocenters. The lowest BCUT2D eigenvalue weighted by Crippen LogP contribution is -1.81. The van der Waals surface area contributed by atoms with Crippen LogP contribution in [0.5, 0.6) is 0 Å². The number of halogens is 2. The number of nitrogens with zero attached hydrogens (tertiary/aromatic N) is 2. The van der Waals surface area contributed by atoms with E-state index in [0.717, 1.165) is 10.2 Å². The smallest absolute Gasteiger partial charge is 0.129 e. The molecule has 0 amide bonds. The average molecular weight is 209 g/mol. The van der Waals surface area contributed by atoms with Crippen LogP contribution in [0.3, 0.4) is 0 Å². The van der Waals surface area contributed by atoms with Gasteiger partial charge in [-0.05, 0) is 34.5 Å². The molecule has 0 bridgehead atoms. The van der Waals surface area contributed by atoms with Gasteiger partial charge in [0.1, 0.15) is 4.60 Å².